The molecule has 11 nitrogen and oxygen atoms in total. The van der Waals surface area contributed by atoms with Crippen LogP contribution in [0.5, 0.6) is 0 Å². The highest BCUT2D eigenvalue weighted by Gasteiger charge is 2.36. The van der Waals surface area contributed by atoms with Crippen molar-refractivity contribution in [3.63, 3.8) is 0 Å². The maximum absolute atomic E-state index is 12.9. The summed E-state index contributed by atoms with van der Waals surface area (Å²) in [7, 11) is 1.39. The summed E-state index contributed by atoms with van der Waals surface area (Å²) >= 11 is 0.602. The molecule has 0 bridgehead atoms. The van der Waals surface area contributed by atoms with Crippen molar-refractivity contribution in [2.24, 2.45) is 7.05 Å². The van der Waals surface area contributed by atoms with Crippen molar-refractivity contribution in [2.45, 2.75) is 23.6 Å². The Kier molecular flexibility index (Phi) is 5.96. The molecule has 3 rings (SSSR count). The molecule has 0 aliphatic carbocycles. The SMILES string of the molecule is CCNC(=O)Nc1ccc(Cn2c(=O)c3c(n(C)c2=O)NC(=O)C(C(=O)O)S3)cc1. The lowest BCUT2D eigenvalue weighted by Crippen LogP contribution is -2.46. The van der Waals surface area contributed by atoms with E-state index in [9.17, 15) is 29.1 Å². The fourth-order valence-corrected chi connectivity index (χ4v) is 3.87. The second kappa shape index (κ2) is 8.45. The largest absolute Gasteiger partial charge is 0.480 e. The van der Waals surface area contributed by atoms with Gasteiger partial charge >= 0.3 is 17.7 Å². The minimum Gasteiger partial charge on any atom is -0.480 e. The smallest absolute Gasteiger partial charge is 0.332 e. The van der Waals surface area contributed by atoms with Gasteiger partial charge in [0.2, 0.25) is 5.91 Å². The van der Waals surface area contributed by atoms with Crippen molar-refractivity contribution in [3.05, 3.63) is 50.7 Å². The van der Waals surface area contributed by atoms with E-state index in [2.05, 4.69) is 16.0 Å². The normalized spacial score (nSPS) is 15.1. The maximum atomic E-state index is 12.9. The summed E-state index contributed by atoms with van der Waals surface area (Å²) in [6, 6.07) is 6.23. The quantitative estimate of drug-likeness (QED) is 0.493. The Balaban J connectivity index is 1.92. The second-order valence-corrected chi connectivity index (χ2v) is 7.53. The number of carboxylic acid groups (broad SMARTS) is 1. The number of nitrogens with one attached hydrogen (secondary N) is 3. The monoisotopic (exact) mass is 433 g/mol. The van der Waals surface area contributed by atoms with Crippen LogP contribution in [-0.4, -0.2) is 43.9 Å². The van der Waals surface area contributed by atoms with E-state index in [4.69, 9.17) is 0 Å². The number of rotatable bonds is 5. The summed E-state index contributed by atoms with van der Waals surface area (Å²) < 4.78 is 2.07. The second-order valence-electron chi connectivity index (χ2n) is 6.42. The molecule has 1 unspecified atom stereocenters. The number of benzene rings is 1. The Labute approximate surface area is 174 Å². The first-order valence-corrected chi connectivity index (χ1v) is 9.78. The number of aliphatic carboxylic acids is 1. The molecule has 1 aromatic carbocycles. The molecule has 30 heavy (non-hydrogen) atoms. The van der Waals surface area contributed by atoms with Gasteiger partial charge in [0.25, 0.3) is 5.56 Å². The fraction of sp³-hybridized carbons (Fsp3) is 0.278. The summed E-state index contributed by atoms with van der Waals surface area (Å²) in [5.74, 6) is -2.20. The predicted octanol–water partition coefficient (Wildman–Crippen LogP) is 0.234. The zero-order valence-corrected chi connectivity index (χ0v) is 16.9. The molecular weight excluding hydrogens is 414 g/mol. The zero-order chi connectivity index (χ0) is 22.0. The average Bonchev–Trinajstić information content (AvgIpc) is 2.70. The van der Waals surface area contributed by atoms with E-state index >= 15 is 0 Å². The molecule has 4 N–H and O–H groups in total. The third kappa shape index (κ3) is 4.08. The molecule has 1 atom stereocenters. The lowest BCUT2D eigenvalue weighted by atomic mass is 10.2. The van der Waals surface area contributed by atoms with Gasteiger partial charge in [-0.25, -0.2) is 9.59 Å². The van der Waals surface area contributed by atoms with Gasteiger partial charge in [0.1, 0.15) is 10.7 Å². The summed E-state index contributed by atoms with van der Waals surface area (Å²) in [5, 5.41) is 15.3. The predicted molar refractivity (Wildman–Crippen MR) is 110 cm³/mol. The van der Waals surface area contributed by atoms with E-state index in [1.807, 2.05) is 0 Å². The van der Waals surface area contributed by atoms with Crippen LogP contribution >= 0.6 is 11.8 Å². The lowest BCUT2D eigenvalue weighted by Gasteiger charge is -2.23. The molecule has 1 aliphatic rings. The lowest BCUT2D eigenvalue weighted by molar-refractivity contribution is -0.138. The van der Waals surface area contributed by atoms with Crippen molar-refractivity contribution in [2.75, 3.05) is 17.2 Å². The first-order valence-electron chi connectivity index (χ1n) is 8.90. The number of hydrogen-bond acceptors (Lipinski definition) is 6. The zero-order valence-electron chi connectivity index (χ0n) is 16.1. The Hall–Kier alpha value is -3.54. The van der Waals surface area contributed by atoms with Crippen molar-refractivity contribution in [1.29, 1.82) is 0 Å². The topological polar surface area (TPSA) is 152 Å². The number of carboxylic acids is 1. The summed E-state index contributed by atoms with van der Waals surface area (Å²) in [6.07, 6.45) is 0. The Morgan fingerprint density at radius 3 is 2.47 bits per heavy atom. The number of thioether (sulfide) groups is 1. The molecule has 2 heterocycles. The summed E-state index contributed by atoms with van der Waals surface area (Å²) in [4.78, 5) is 60.3. The van der Waals surface area contributed by atoms with Gasteiger partial charge in [-0.2, -0.15) is 0 Å². The number of hydrogen-bond donors (Lipinski definition) is 4. The van der Waals surface area contributed by atoms with E-state index in [-0.39, 0.29) is 23.3 Å². The fourth-order valence-electron chi connectivity index (χ4n) is 2.85. The summed E-state index contributed by atoms with van der Waals surface area (Å²) in [6.45, 7) is 2.21. The third-order valence-electron chi connectivity index (χ3n) is 4.34. The first kappa shape index (κ1) is 21.2. The molecule has 1 aliphatic heterocycles. The molecule has 3 amide bonds. The van der Waals surface area contributed by atoms with Crippen LogP contribution in [0.2, 0.25) is 0 Å². The Morgan fingerprint density at radius 1 is 1.20 bits per heavy atom. The average molecular weight is 433 g/mol. The number of carbonyl (C=O) groups excluding carboxylic acids is 2. The van der Waals surface area contributed by atoms with Crippen molar-refractivity contribution >= 4 is 41.2 Å². The van der Waals surface area contributed by atoms with Crippen LogP contribution in [0.1, 0.15) is 12.5 Å². The van der Waals surface area contributed by atoms with Gasteiger partial charge in [0.05, 0.1) is 6.54 Å². The minimum absolute atomic E-state index is 0.0152. The Bertz CT molecular complexity index is 1140. The number of aromatic nitrogens is 2. The van der Waals surface area contributed by atoms with Gasteiger partial charge < -0.3 is 21.1 Å². The van der Waals surface area contributed by atoms with Gasteiger partial charge in [-0.05, 0) is 24.6 Å². The van der Waals surface area contributed by atoms with Gasteiger partial charge in [0, 0.05) is 19.3 Å². The molecule has 2 aromatic rings. The molecule has 0 saturated carbocycles. The molecule has 0 spiro atoms. The first-order chi connectivity index (χ1) is 14.2. The highest BCUT2D eigenvalue weighted by atomic mass is 32.2. The van der Waals surface area contributed by atoms with E-state index in [0.29, 0.717) is 29.6 Å². The van der Waals surface area contributed by atoms with Crippen LogP contribution in [-0.2, 0) is 23.2 Å². The number of carbonyl (C=O) groups is 3. The molecule has 12 heteroatoms. The van der Waals surface area contributed by atoms with Crippen molar-refractivity contribution in [3.8, 4) is 0 Å². The van der Waals surface area contributed by atoms with Crippen LogP contribution in [0, 0.1) is 0 Å². The minimum atomic E-state index is -1.48. The standard InChI is InChI=1S/C18H19N5O6S/c1-3-19-17(28)20-10-6-4-9(5-7-10)8-23-15(25)11-13(22(2)18(23)29)21-14(24)12(30-11)16(26)27/h4-7,12H,3,8H2,1-2H3,(H,21,24)(H,26,27)(H2,19,20,28). The number of urea groups is 1. The highest BCUT2D eigenvalue weighted by Crippen LogP contribution is 2.32. The van der Waals surface area contributed by atoms with Crippen LogP contribution in [0.3, 0.4) is 0 Å². The van der Waals surface area contributed by atoms with Crippen molar-refractivity contribution in [1.82, 2.24) is 14.5 Å². The van der Waals surface area contributed by atoms with E-state index < -0.39 is 28.4 Å². The van der Waals surface area contributed by atoms with Crippen LogP contribution in [0.25, 0.3) is 0 Å². The van der Waals surface area contributed by atoms with Gasteiger partial charge in [0.15, 0.2) is 5.25 Å². The maximum Gasteiger partial charge on any atom is 0.332 e. The number of nitrogens with zero attached hydrogens (tertiary/aromatic N) is 2. The van der Waals surface area contributed by atoms with Crippen molar-refractivity contribution < 1.29 is 19.5 Å². The molecule has 0 saturated heterocycles. The number of fused-ring (bicyclic) bond motifs is 1. The van der Waals surface area contributed by atoms with Gasteiger partial charge in [-0.3, -0.25) is 23.5 Å². The number of anilines is 2. The third-order valence-corrected chi connectivity index (χ3v) is 5.59. The van der Waals surface area contributed by atoms with Crippen LogP contribution < -0.4 is 27.2 Å². The van der Waals surface area contributed by atoms with Crippen LogP contribution in [0.4, 0.5) is 16.3 Å². The summed E-state index contributed by atoms with van der Waals surface area (Å²) in [5.41, 5.74) is -0.181. The van der Waals surface area contributed by atoms with E-state index in [1.54, 1.807) is 31.2 Å². The van der Waals surface area contributed by atoms with Gasteiger partial charge in [-0.15, -0.1) is 0 Å². The highest BCUT2D eigenvalue weighted by molar-refractivity contribution is 8.01. The molecule has 0 radical (unpaired) electrons. The van der Waals surface area contributed by atoms with Gasteiger partial charge in [-0.1, -0.05) is 23.9 Å². The van der Waals surface area contributed by atoms with Crippen LogP contribution in [0.15, 0.2) is 38.8 Å². The molecule has 0 fully saturated rings. The molecule has 1 aromatic heterocycles. The molecular formula is C18H19N5O6S. The Morgan fingerprint density at radius 2 is 1.87 bits per heavy atom. The van der Waals surface area contributed by atoms with E-state index in [1.165, 1.54) is 7.05 Å². The number of amides is 3. The van der Waals surface area contributed by atoms with E-state index in [0.717, 1.165) is 9.13 Å². The molecule has 158 valence electrons.